The number of nitrogens with one attached hydrogen (secondary N) is 1. The predicted octanol–water partition coefficient (Wildman–Crippen LogP) is 2.69. The first-order valence-corrected chi connectivity index (χ1v) is 10.6. The molecule has 4 rings (SSSR count). The van der Waals surface area contributed by atoms with Gasteiger partial charge in [-0.2, -0.15) is 9.61 Å². The number of rotatable bonds is 7. The molecule has 1 amide bonds. The van der Waals surface area contributed by atoms with Gasteiger partial charge in [0, 0.05) is 18.7 Å². The van der Waals surface area contributed by atoms with Gasteiger partial charge in [0.25, 0.3) is 11.5 Å². The lowest BCUT2D eigenvalue weighted by Gasteiger charge is -2.21. The van der Waals surface area contributed by atoms with Crippen molar-refractivity contribution in [2.45, 2.75) is 52.8 Å². The molecular weight excluding hydrogens is 410 g/mol. The van der Waals surface area contributed by atoms with E-state index in [2.05, 4.69) is 15.6 Å². The molecular formula is C23H27N5O4. The first-order chi connectivity index (χ1) is 15.2. The fourth-order valence-corrected chi connectivity index (χ4v) is 3.33. The van der Waals surface area contributed by atoms with E-state index >= 15 is 0 Å². The summed E-state index contributed by atoms with van der Waals surface area (Å²) in [5, 5.41) is 21.8. The number of fused-ring (bicyclic) bond motifs is 1. The Balaban J connectivity index is 1.68. The van der Waals surface area contributed by atoms with Gasteiger partial charge >= 0.3 is 0 Å². The molecule has 1 saturated carbocycles. The van der Waals surface area contributed by atoms with Gasteiger partial charge < -0.3 is 15.3 Å². The van der Waals surface area contributed by atoms with E-state index in [0.29, 0.717) is 24.5 Å². The molecule has 1 aliphatic rings. The van der Waals surface area contributed by atoms with Crippen LogP contribution < -0.4 is 10.9 Å². The Labute approximate surface area is 185 Å². The Morgan fingerprint density at radius 2 is 2.03 bits per heavy atom. The van der Waals surface area contributed by atoms with E-state index in [1.807, 2.05) is 51.1 Å². The van der Waals surface area contributed by atoms with Crippen LogP contribution in [0.5, 0.6) is 5.88 Å². The fourth-order valence-electron chi connectivity index (χ4n) is 3.33. The van der Waals surface area contributed by atoms with Gasteiger partial charge in [-0.05, 0) is 23.8 Å². The largest absolute Gasteiger partial charge is 0.492 e. The highest BCUT2D eigenvalue weighted by Gasteiger charge is 2.30. The maximum atomic E-state index is 13.2. The lowest BCUT2D eigenvalue weighted by molar-refractivity contribution is 0.0944. The smallest absolute Gasteiger partial charge is 0.270 e. The van der Waals surface area contributed by atoms with E-state index in [4.69, 9.17) is 4.84 Å². The molecule has 1 aliphatic carbocycles. The number of carbonyl (C=O) groups excluding carboxylic acids is 1. The van der Waals surface area contributed by atoms with Gasteiger partial charge in [-0.3, -0.25) is 14.2 Å². The van der Waals surface area contributed by atoms with E-state index in [1.54, 1.807) is 6.07 Å². The molecule has 0 unspecified atom stereocenters. The van der Waals surface area contributed by atoms with Crippen molar-refractivity contribution >= 4 is 17.8 Å². The third-order valence-electron chi connectivity index (χ3n) is 4.97. The van der Waals surface area contributed by atoms with Crippen LogP contribution in [0.3, 0.4) is 0 Å². The Hall–Kier alpha value is -3.62. The van der Waals surface area contributed by atoms with Crippen molar-refractivity contribution in [3.63, 3.8) is 0 Å². The quantitative estimate of drug-likeness (QED) is 0.436. The van der Waals surface area contributed by atoms with Gasteiger partial charge in [-0.25, -0.2) is 0 Å². The van der Waals surface area contributed by atoms with Gasteiger partial charge in [-0.1, -0.05) is 56.3 Å². The molecule has 2 heterocycles. The van der Waals surface area contributed by atoms with Crippen molar-refractivity contribution in [3.05, 3.63) is 63.6 Å². The van der Waals surface area contributed by atoms with Crippen molar-refractivity contribution in [2.75, 3.05) is 0 Å². The summed E-state index contributed by atoms with van der Waals surface area (Å²) >= 11 is 0. The number of amides is 1. The predicted molar refractivity (Wildman–Crippen MR) is 120 cm³/mol. The van der Waals surface area contributed by atoms with Gasteiger partial charge in [0.2, 0.25) is 5.88 Å². The molecule has 2 aromatic heterocycles. The fraction of sp³-hybridized carbons (Fsp3) is 0.391. The van der Waals surface area contributed by atoms with Crippen LogP contribution in [0.25, 0.3) is 5.65 Å². The third kappa shape index (κ3) is 4.82. The minimum Gasteiger partial charge on any atom is -0.492 e. The van der Waals surface area contributed by atoms with Crippen LogP contribution in [0.15, 0.2) is 46.3 Å². The molecule has 168 valence electrons. The van der Waals surface area contributed by atoms with Crippen LogP contribution in [0.2, 0.25) is 0 Å². The van der Waals surface area contributed by atoms with Crippen LogP contribution in [0.1, 0.15) is 55.2 Å². The highest BCUT2D eigenvalue weighted by atomic mass is 16.6. The lowest BCUT2D eigenvalue weighted by Crippen LogP contribution is -2.37. The van der Waals surface area contributed by atoms with Crippen LogP contribution in [-0.4, -0.2) is 37.5 Å². The SMILES string of the molecule is CC(C)(C)Cn1c(=O)c(C(=O)NC2CC2)c(O)n2nc(C=NOCc3ccccc3)cc12. The van der Waals surface area contributed by atoms with Gasteiger partial charge in [0.15, 0.2) is 5.56 Å². The van der Waals surface area contributed by atoms with Gasteiger partial charge in [0.05, 0.1) is 6.21 Å². The van der Waals surface area contributed by atoms with Gasteiger partial charge in [-0.15, -0.1) is 0 Å². The van der Waals surface area contributed by atoms with Crippen molar-refractivity contribution in [1.82, 2.24) is 19.5 Å². The Kier molecular flexibility index (Phi) is 5.73. The molecule has 0 spiro atoms. The number of nitrogens with zero attached hydrogens (tertiary/aromatic N) is 4. The number of carbonyl (C=O) groups is 1. The van der Waals surface area contributed by atoms with Crippen LogP contribution in [-0.2, 0) is 18.0 Å². The molecule has 1 fully saturated rings. The van der Waals surface area contributed by atoms with E-state index in [0.717, 1.165) is 18.4 Å². The van der Waals surface area contributed by atoms with Crippen molar-refractivity contribution in [2.24, 2.45) is 10.6 Å². The van der Waals surface area contributed by atoms with E-state index in [1.165, 1.54) is 15.3 Å². The Bertz CT molecular complexity index is 1220. The second-order valence-electron chi connectivity index (χ2n) is 9.23. The summed E-state index contributed by atoms with van der Waals surface area (Å²) in [6.07, 6.45) is 3.15. The maximum Gasteiger partial charge on any atom is 0.270 e. The third-order valence-corrected chi connectivity index (χ3v) is 4.97. The average Bonchev–Trinajstić information content (AvgIpc) is 3.44. The molecule has 0 saturated heterocycles. The summed E-state index contributed by atoms with van der Waals surface area (Å²) in [5.41, 5.74) is 0.628. The average molecular weight is 438 g/mol. The monoisotopic (exact) mass is 437 g/mol. The summed E-state index contributed by atoms with van der Waals surface area (Å²) in [6.45, 7) is 6.61. The lowest BCUT2D eigenvalue weighted by atomic mass is 9.97. The highest BCUT2D eigenvalue weighted by Crippen LogP contribution is 2.23. The summed E-state index contributed by atoms with van der Waals surface area (Å²) in [4.78, 5) is 31.2. The van der Waals surface area contributed by atoms with Crippen LogP contribution >= 0.6 is 0 Å². The zero-order valence-electron chi connectivity index (χ0n) is 18.4. The Morgan fingerprint density at radius 1 is 1.31 bits per heavy atom. The van der Waals surface area contributed by atoms with Crippen molar-refractivity contribution < 1.29 is 14.7 Å². The summed E-state index contributed by atoms with van der Waals surface area (Å²) in [5.74, 6) is -1.07. The zero-order chi connectivity index (χ0) is 22.9. The number of hydrogen-bond donors (Lipinski definition) is 2. The number of oxime groups is 1. The first-order valence-electron chi connectivity index (χ1n) is 10.6. The summed E-state index contributed by atoms with van der Waals surface area (Å²) < 4.78 is 2.67. The molecule has 32 heavy (non-hydrogen) atoms. The number of benzene rings is 1. The van der Waals surface area contributed by atoms with Gasteiger partial charge in [0.1, 0.15) is 17.9 Å². The highest BCUT2D eigenvalue weighted by molar-refractivity contribution is 5.96. The van der Waals surface area contributed by atoms with Crippen molar-refractivity contribution in [1.29, 1.82) is 0 Å². The molecule has 0 atom stereocenters. The zero-order valence-corrected chi connectivity index (χ0v) is 18.4. The normalized spacial score (nSPS) is 14.2. The first kappa shape index (κ1) is 21.6. The topological polar surface area (TPSA) is 110 Å². The molecule has 1 aromatic carbocycles. The molecule has 9 heteroatoms. The molecule has 9 nitrogen and oxygen atoms in total. The standard InChI is InChI=1S/C23H27N5O4/c1-23(2,3)14-27-18-11-17(12-24-32-13-15-7-5-4-6-8-15)26-28(18)22(31)19(21(27)30)20(29)25-16-9-10-16/h4-8,11-12,16,31H,9-10,13-14H2,1-3H3,(H,25,29). The molecule has 2 N–H and O–H groups in total. The molecule has 0 bridgehead atoms. The number of hydrogen-bond acceptors (Lipinski definition) is 6. The maximum absolute atomic E-state index is 13.2. The molecule has 3 aromatic rings. The van der Waals surface area contributed by atoms with E-state index < -0.39 is 17.3 Å². The minimum atomic E-state index is -0.587. The Morgan fingerprint density at radius 3 is 2.69 bits per heavy atom. The second-order valence-corrected chi connectivity index (χ2v) is 9.23. The van der Waals surface area contributed by atoms with E-state index in [-0.39, 0.29) is 17.0 Å². The van der Waals surface area contributed by atoms with Crippen molar-refractivity contribution in [3.8, 4) is 5.88 Å². The molecule has 0 radical (unpaired) electrons. The summed E-state index contributed by atoms with van der Waals surface area (Å²) in [6, 6.07) is 11.3. The van der Waals surface area contributed by atoms with E-state index in [9.17, 15) is 14.7 Å². The van der Waals surface area contributed by atoms with Crippen LogP contribution in [0, 0.1) is 5.41 Å². The molecule has 0 aliphatic heterocycles. The number of aromatic nitrogens is 3. The summed E-state index contributed by atoms with van der Waals surface area (Å²) in [7, 11) is 0. The van der Waals surface area contributed by atoms with Crippen LogP contribution in [0.4, 0.5) is 0 Å². The number of aromatic hydroxyl groups is 1. The minimum absolute atomic E-state index is 0.0511. The second kappa shape index (κ2) is 8.49.